The zero-order chi connectivity index (χ0) is 20.3. The van der Waals surface area contributed by atoms with Crippen molar-refractivity contribution in [2.75, 3.05) is 24.5 Å². The van der Waals surface area contributed by atoms with E-state index in [1.54, 1.807) is 12.3 Å². The molecule has 2 aromatic rings. The minimum atomic E-state index is -3.50. The highest BCUT2D eigenvalue weighted by Gasteiger charge is 2.24. The van der Waals surface area contributed by atoms with Crippen molar-refractivity contribution in [3.63, 3.8) is 0 Å². The lowest BCUT2D eigenvalue weighted by atomic mass is 9.92. The third-order valence-electron chi connectivity index (χ3n) is 5.89. The molecule has 0 atom stereocenters. The number of nitrogens with zero attached hydrogens (tertiary/aromatic N) is 4. The highest BCUT2D eigenvalue weighted by atomic mass is 32.2. The molecule has 2 aliphatic rings. The van der Waals surface area contributed by atoms with Gasteiger partial charge in [0.05, 0.1) is 4.90 Å². The van der Waals surface area contributed by atoms with Crippen molar-refractivity contribution in [2.45, 2.75) is 43.4 Å². The zero-order valence-electron chi connectivity index (χ0n) is 16.3. The van der Waals surface area contributed by atoms with Gasteiger partial charge in [-0.25, -0.2) is 23.1 Å². The van der Waals surface area contributed by atoms with Crippen LogP contribution in [0.5, 0.6) is 0 Å². The molecule has 1 aliphatic heterocycles. The van der Waals surface area contributed by atoms with Crippen LogP contribution in [0, 0.1) is 17.2 Å². The first kappa shape index (κ1) is 19.8. The lowest BCUT2D eigenvalue weighted by molar-refractivity contribution is 0.400. The molecule has 1 saturated heterocycles. The minimum Gasteiger partial charge on any atom is -0.354 e. The van der Waals surface area contributed by atoms with E-state index in [0.29, 0.717) is 23.0 Å². The molecular formula is C21H25N5O2S. The number of benzene rings is 1. The summed E-state index contributed by atoms with van der Waals surface area (Å²) in [5, 5.41) is 9.20. The van der Waals surface area contributed by atoms with Crippen LogP contribution in [0.15, 0.2) is 35.5 Å². The summed E-state index contributed by atoms with van der Waals surface area (Å²) in [6.45, 7) is 1.90. The van der Waals surface area contributed by atoms with Gasteiger partial charge in [-0.05, 0) is 67.7 Å². The van der Waals surface area contributed by atoms with E-state index < -0.39 is 10.0 Å². The lowest BCUT2D eigenvalue weighted by Gasteiger charge is -2.32. The van der Waals surface area contributed by atoms with Gasteiger partial charge in [0.2, 0.25) is 10.0 Å². The Labute approximate surface area is 171 Å². The second-order valence-electron chi connectivity index (χ2n) is 7.76. The molecule has 1 fully saturated rings. The summed E-state index contributed by atoms with van der Waals surface area (Å²) in [5.74, 6) is 0.879. The number of hydrogen-bond donors (Lipinski definition) is 1. The molecule has 0 saturated carbocycles. The average Bonchev–Trinajstić information content (AvgIpc) is 2.77. The first-order valence-electron chi connectivity index (χ1n) is 10.1. The number of aryl methyl sites for hydroxylation is 2. The summed E-state index contributed by atoms with van der Waals surface area (Å²) in [5.41, 5.74) is 2.78. The summed E-state index contributed by atoms with van der Waals surface area (Å²) in [4.78, 5) is 10.8. The fourth-order valence-electron chi connectivity index (χ4n) is 4.18. The van der Waals surface area contributed by atoms with Gasteiger partial charge in [0.1, 0.15) is 6.07 Å². The van der Waals surface area contributed by atoms with Crippen LogP contribution in [0.4, 0.5) is 5.82 Å². The molecule has 0 amide bonds. The Morgan fingerprint density at radius 1 is 1.10 bits per heavy atom. The van der Waals surface area contributed by atoms with Gasteiger partial charge in [-0.3, -0.25) is 0 Å². The van der Waals surface area contributed by atoms with Crippen molar-refractivity contribution < 1.29 is 8.42 Å². The molecule has 0 spiro atoms. The summed E-state index contributed by atoms with van der Waals surface area (Å²) in [6.07, 6.45) is 9.11. The van der Waals surface area contributed by atoms with Crippen LogP contribution in [0.1, 0.15) is 42.5 Å². The first-order valence-corrected chi connectivity index (χ1v) is 11.6. The lowest BCUT2D eigenvalue weighted by Crippen LogP contribution is -2.39. The summed E-state index contributed by atoms with van der Waals surface area (Å²) in [7, 11) is -3.50. The van der Waals surface area contributed by atoms with Crippen molar-refractivity contribution >= 4 is 15.8 Å². The van der Waals surface area contributed by atoms with Gasteiger partial charge in [0.25, 0.3) is 0 Å². The number of nitrogens with one attached hydrogen (secondary N) is 1. The van der Waals surface area contributed by atoms with Gasteiger partial charge in [-0.1, -0.05) is 6.07 Å². The predicted molar refractivity (Wildman–Crippen MR) is 110 cm³/mol. The quantitative estimate of drug-likeness (QED) is 0.811. The fraction of sp³-hybridized carbons (Fsp3) is 0.476. The fourth-order valence-corrected chi connectivity index (χ4v) is 5.34. The second-order valence-corrected chi connectivity index (χ2v) is 9.53. The van der Waals surface area contributed by atoms with Crippen LogP contribution in [0.2, 0.25) is 0 Å². The number of aromatic nitrogens is 2. The van der Waals surface area contributed by atoms with Gasteiger partial charge < -0.3 is 4.90 Å². The smallest absolute Gasteiger partial charge is 0.240 e. The van der Waals surface area contributed by atoms with Crippen molar-refractivity contribution in [1.29, 1.82) is 5.26 Å². The van der Waals surface area contributed by atoms with Crippen molar-refractivity contribution in [1.82, 2.24) is 14.7 Å². The van der Waals surface area contributed by atoms with Crippen LogP contribution in [0.3, 0.4) is 0 Å². The second kappa shape index (κ2) is 8.47. The molecule has 1 aromatic carbocycles. The molecule has 0 unspecified atom stereocenters. The largest absolute Gasteiger partial charge is 0.354 e. The monoisotopic (exact) mass is 411 g/mol. The Bertz CT molecular complexity index is 1020. The van der Waals surface area contributed by atoms with E-state index >= 15 is 0 Å². The maximum atomic E-state index is 12.8. The number of rotatable bonds is 5. The Morgan fingerprint density at radius 3 is 2.59 bits per heavy atom. The molecular weight excluding hydrogens is 386 g/mol. The third kappa shape index (κ3) is 4.41. The van der Waals surface area contributed by atoms with Crippen molar-refractivity contribution in [3.05, 3.63) is 47.4 Å². The summed E-state index contributed by atoms with van der Waals surface area (Å²) >= 11 is 0. The number of anilines is 1. The van der Waals surface area contributed by atoms with E-state index in [9.17, 15) is 13.7 Å². The van der Waals surface area contributed by atoms with E-state index in [-0.39, 0.29) is 5.92 Å². The molecule has 29 heavy (non-hydrogen) atoms. The van der Waals surface area contributed by atoms with Crippen LogP contribution in [-0.4, -0.2) is 38.0 Å². The number of hydrogen-bond acceptors (Lipinski definition) is 6. The number of fused-ring (bicyclic) bond motifs is 1. The summed E-state index contributed by atoms with van der Waals surface area (Å²) in [6, 6.07) is 7.62. The van der Waals surface area contributed by atoms with Gasteiger partial charge in [0.15, 0.2) is 11.5 Å². The average molecular weight is 412 g/mol. The van der Waals surface area contributed by atoms with E-state index in [2.05, 4.69) is 25.7 Å². The topological polar surface area (TPSA) is 99.0 Å². The highest BCUT2D eigenvalue weighted by molar-refractivity contribution is 7.89. The van der Waals surface area contributed by atoms with Crippen LogP contribution in [-0.2, 0) is 22.9 Å². The van der Waals surface area contributed by atoms with E-state index in [1.807, 2.05) is 12.1 Å². The normalized spacial score (nSPS) is 17.6. The maximum absolute atomic E-state index is 12.8. The first-order chi connectivity index (χ1) is 14.1. The van der Waals surface area contributed by atoms with E-state index in [1.165, 1.54) is 23.7 Å². The van der Waals surface area contributed by atoms with Crippen molar-refractivity contribution in [3.8, 4) is 6.07 Å². The highest BCUT2D eigenvalue weighted by Crippen LogP contribution is 2.25. The van der Waals surface area contributed by atoms with Gasteiger partial charge in [-0.2, -0.15) is 5.26 Å². The van der Waals surface area contributed by atoms with Gasteiger partial charge in [-0.15, -0.1) is 0 Å². The molecule has 1 aromatic heterocycles. The zero-order valence-corrected chi connectivity index (χ0v) is 17.2. The maximum Gasteiger partial charge on any atom is 0.240 e. The Kier molecular flexibility index (Phi) is 5.79. The number of piperidine rings is 1. The number of nitriles is 1. The molecule has 0 radical (unpaired) electrons. The van der Waals surface area contributed by atoms with Crippen LogP contribution < -0.4 is 9.62 Å². The van der Waals surface area contributed by atoms with Gasteiger partial charge >= 0.3 is 0 Å². The Balaban J connectivity index is 1.35. The molecule has 4 rings (SSSR count). The van der Waals surface area contributed by atoms with Crippen LogP contribution >= 0.6 is 0 Å². The Hall–Kier alpha value is -2.50. The minimum absolute atomic E-state index is 0.265. The van der Waals surface area contributed by atoms with Crippen LogP contribution in [0.25, 0.3) is 0 Å². The molecule has 8 heteroatoms. The summed E-state index contributed by atoms with van der Waals surface area (Å²) < 4.78 is 28.3. The molecule has 7 nitrogen and oxygen atoms in total. The molecule has 2 heterocycles. The SMILES string of the molecule is N#Cc1nccnc1N1CCC(CNS(=O)(=O)c2ccc3c(c2)CCCC3)CC1. The third-order valence-corrected chi connectivity index (χ3v) is 7.31. The van der Waals surface area contributed by atoms with E-state index in [4.69, 9.17) is 0 Å². The number of sulfonamides is 1. The predicted octanol–water partition coefficient (Wildman–Crippen LogP) is 2.42. The van der Waals surface area contributed by atoms with Gasteiger partial charge in [0, 0.05) is 32.0 Å². The standard InChI is InChI=1S/C21H25N5O2S/c22-14-20-21(24-10-9-23-20)26-11-7-16(8-12-26)15-25-29(27,28)19-6-5-17-3-1-2-4-18(17)13-19/h5-6,9-10,13,16,25H,1-4,7-8,11-12,15H2. The molecule has 152 valence electrons. The Morgan fingerprint density at radius 2 is 1.83 bits per heavy atom. The molecule has 1 N–H and O–H groups in total. The van der Waals surface area contributed by atoms with E-state index in [0.717, 1.165) is 45.2 Å². The molecule has 0 bridgehead atoms. The van der Waals surface area contributed by atoms with Crippen molar-refractivity contribution in [2.24, 2.45) is 5.92 Å². The molecule has 1 aliphatic carbocycles.